The molecule has 0 amide bonds. The van der Waals surface area contributed by atoms with Gasteiger partial charge in [0.05, 0.1) is 22.8 Å². The Morgan fingerprint density at radius 2 is 2.31 bits per heavy atom. The number of halogens is 2. The minimum absolute atomic E-state index is 0.0381. The summed E-state index contributed by atoms with van der Waals surface area (Å²) in [7, 11) is 0. The number of benzene rings is 1. The van der Waals surface area contributed by atoms with E-state index in [1.165, 1.54) is 18.1 Å². The van der Waals surface area contributed by atoms with E-state index in [2.05, 4.69) is 0 Å². The van der Waals surface area contributed by atoms with Crippen molar-refractivity contribution in [3.63, 3.8) is 0 Å². The fourth-order valence-corrected chi connectivity index (χ4v) is 1.35. The predicted octanol–water partition coefficient (Wildman–Crippen LogP) is 3.11. The van der Waals surface area contributed by atoms with Crippen LogP contribution < -0.4 is 9.92 Å². The molecule has 72 valence electrons. The molecule has 0 spiro atoms. The molecule has 1 aromatic rings. The summed E-state index contributed by atoms with van der Waals surface area (Å²) in [6.07, 6.45) is 0. The van der Waals surface area contributed by atoms with Crippen molar-refractivity contribution in [2.24, 2.45) is 0 Å². The number of nitrogens with two attached hydrogens (primary N) is 1. The zero-order valence-electron chi connectivity index (χ0n) is 7.01. The molecule has 1 aromatic carbocycles. The van der Waals surface area contributed by atoms with Crippen LogP contribution in [0.15, 0.2) is 12.1 Å². The van der Waals surface area contributed by atoms with Crippen molar-refractivity contribution < 1.29 is 8.57 Å². The van der Waals surface area contributed by atoms with Crippen LogP contribution in [0.1, 0.15) is 6.92 Å². The van der Waals surface area contributed by atoms with Crippen LogP contribution in [0.4, 0.5) is 10.1 Å². The SMILES string of the molecule is CCSOc1cc(N)c(F)cc1Cl. The molecule has 1 rings (SSSR count). The fourth-order valence-electron chi connectivity index (χ4n) is 0.731. The quantitative estimate of drug-likeness (QED) is 0.629. The molecule has 2 N–H and O–H groups in total. The topological polar surface area (TPSA) is 35.2 Å². The molecular formula is C8H9ClFNOS. The summed E-state index contributed by atoms with van der Waals surface area (Å²) in [6.45, 7) is 1.94. The first-order valence-corrected chi connectivity index (χ1v) is 4.98. The molecule has 0 aromatic heterocycles. The molecule has 0 atom stereocenters. The standard InChI is InChI=1S/C8H9ClFNOS/c1-2-13-12-8-4-7(11)6(10)3-5(8)9/h3-4H,2,11H2,1H3. The average molecular weight is 222 g/mol. The van der Waals surface area contributed by atoms with Crippen molar-refractivity contribution in [2.45, 2.75) is 6.92 Å². The zero-order chi connectivity index (χ0) is 9.84. The molecule has 0 aliphatic carbocycles. The van der Waals surface area contributed by atoms with Gasteiger partial charge < -0.3 is 9.92 Å². The van der Waals surface area contributed by atoms with Gasteiger partial charge in [-0.25, -0.2) is 4.39 Å². The van der Waals surface area contributed by atoms with E-state index in [4.69, 9.17) is 21.5 Å². The van der Waals surface area contributed by atoms with Crippen molar-refractivity contribution in [1.82, 2.24) is 0 Å². The molecule has 0 heterocycles. The lowest BCUT2D eigenvalue weighted by molar-refractivity contribution is 0.617. The first kappa shape index (κ1) is 10.5. The van der Waals surface area contributed by atoms with E-state index in [-0.39, 0.29) is 10.7 Å². The second-order valence-electron chi connectivity index (χ2n) is 2.29. The molecule has 0 aliphatic heterocycles. The lowest BCUT2D eigenvalue weighted by Gasteiger charge is -2.06. The molecule has 0 unspecified atom stereocenters. The summed E-state index contributed by atoms with van der Waals surface area (Å²) in [5.41, 5.74) is 5.38. The summed E-state index contributed by atoms with van der Waals surface area (Å²) in [5, 5.41) is 0.229. The molecule has 13 heavy (non-hydrogen) atoms. The number of nitrogen functional groups attached to an aromatic ring is 1. The Morgan fingerprint density at radius 1 is 1.62 bits per heavy atom. The Labute approximate surface area is 85.4 Å². The highest BCUT2D eigenvalue weighted by Crippen LogP contribution is 2.31. The maximum absolute atomic E-state index is 12.8. The molecular weight excluding hydrogens is 213 g/mol. The van der Waals surface area contributed by atoms with E-state index in [1.807, 2.05) is 6.92 Å². The van der Waals surface area contributed by atoms with Gasteiger partial charge >= 0.3 is 0 Å². The number of hydrogen-bond donors (Lipinski definition) is 1. The van der Waals surface area contributed by atoms with Crippen LogP contribution in [0, 0.1) is 5.82 Å². The van der Waals surface area contributed by atoms with Gasteiger partial charge in [-0.05, 0) is 6.07 Å². The van der Waals surface area contributed by atoms with Gasteiger partial charge in [-0.15, -0.1) is 0 Å². The van der Waals surface area contributed by atoms with E-state index in [1.54, 1.807) is 0 Å². The molecule has 2 nitrogen and oxygen atoms in total. The van der Waals surface area contributed by atoms with E-state index < -0.39 is 5.82 Å². The van der Waals surface area contributed by atoms with Crippen molar-refractivity contribution in [1.29, 1.82) is 0 Å². The Bertz CT molecular complexity index is 308. The normalized spacial score (nSPS) is 10.1. The first-order valence-electron chi connectivity index (χ1n) is 3.69. The maximum Gasteiger partial charge on any atom is 0.158 e. The van der Waals surface area contributed by atoms with Crippen LogP contribution >= 0.6 is 23.6 Å². The fraction of sp³-hybridized carbons (Fsp3) is 0.250. The van der Waals surface area contributed by atoms with E-state index in [0.29, 0.717) is 5.75 Å². The number of hydrogen-bond acceptors (Lipinski definition) is 3. The molecule has 0 bridgehead atoms. The van der Waals surface area contributed by atoms with Gasteiger partial charge in [0.25, 0.3) is 0 Å². The smallest absolute Gasteiger partial charge is 0.158 e. The number of rotatable bonds is 3. The molecule has 0 radical (unpaired) electrons. The Kier molecular flexibility index (Phi) is 3.69. The van der Waals surface area contributed by atoms with Crippen LogP contribution in [0.3, 0.4) is 0 Å². The minimum Gasteiger partial charge on any atom is -0.424 e. The zero-order valence-corrected chi connectivity index (χ0v) is 8.58. The lowest BCUT2D eigenvalue weighted by Crippen LogP contribution is -1.92. The van der Waals surface area contributed by atoms with Crippen LogP contribution in [0.25, 0.3) is 0 Å². The highest BCUT2D eigenvalue weighted by atomic mass is 35.5. The van der Waals surface area contributed by atoms with Crippen LogP contribution in [-0.2, 0) is 0 Å². The van der Waals surface area contributed by atoms with E-state index >= 15 is 0 Å². The monoisotopic (exact) mass is 221 g/mol. The largest absolute Gasteiger partial charge is 0.424 e. The summed E-state index contributed by atoms with van der Waals surface area (Å²) in [5.74, 6) is 0.652. The highest BCUT2D eigenvalue weighted by Gasteiger charge is 2.07. The van der Waals surface area contributed by atoms with E-state index in [0.717, 1.165) is 11.8 Å². The second kappa shape index (κ2) is 4.58. The lowest BCUT2D eigenvalue weighted by atomic mass is 10.3. The molecule has 0 aliphatic rings. The molecule has 0 saturated heterocycles. The molecule has 0 fully saturated rings. The van der Waals surface area contributed by atoms with Gasteiger partial charge in [-0.1, -0.05) is 18.5 Å². The Hall–Kier alpha value is -0.610. The maximum atomic E-state index is 12.8. The summed E-state index contributed by atoms with van der Waals surface area (Å²) in [4.78, 5) is 0. The average Bonchev–Trinajstić information content (AvgIpc) is 2.09. The van der Waals surface area contributed by atoms with Gasteiger partial charge in [0.2, 0.25) is 0 Å². The van der Waals surface area contributed by atoms with Crippen molar-refractivity contribution in [3.05, 3.63) is 23.0 Å². The van der Waals surface area contributed by atoms with Crippen LogP contribution in [0.5, 0.6) is 5.75 Å². The van der Waals surface area contributed by atoms with Crippen molar-refractivity contribution in [3.8, 4) is 5.75 Å². The molecule has 5 heteroatoms. The summed E-state index contributed by atoms with van der Waals surface area (Å²) < 4.78 is 18.0. The van der Waals surface area contributed by atoms with Crippen molar-refractivity contribution in [2.75, 3.05) is 11.5 Å². The minimum atomic E-state index is -0.529. The first-order chi connectivity index (χ1) is 6.15. The van der Waals surface area contributed by atoms with Gasteiger partial charge in [-0.3, -0.25) is 0 Å². The summed E-state index contributed by atoms with van der Waals surface area (Å²) in [6, 6.07) is 2.52. The van der Waals surface area contributed by atoms with Gasteiger partial charge in [0, 0.05) is 11.8 Å². The third kappa shape index (κ3) is 2.67. The summed E-state index contributed by atoms with van der Waals surface area (Å²) >= 11 is 6.93. The van der Waals surface area contributed by atoms with Gasteiger partial charge in [0.15, 0.2) is 5.75 Å². The van der Waals surface area contributed by atoms with Gasteiger partial charge in [-0.2, -0.15) is 0 Å². The van der Waals surface area contributed by atoms with E-state index in [9.17, 15) is 4.39 Å². The van der Waals surface area contributed by atoms with Crippen molar-refractivity contribution >= 4 is 29.3 Å². The Morgan fingerprint density at radius 3 is 2.92 bits per heavy atom. The number of anilines is 1. The second-order valence-corrected chi connectivity index (χ2v) is 3.68. The molecule has 0 saturated carbocycles. The predicted molar refractivity (Wildman–Crippen MR) is 54.6 cm³/mol. The Balaban J connectivity index is 2.88. The third-order valence-corrected chi connectivity index (χ3v) is 2.15. The van der Waals surface area contributed by atoms with Crippen LogP contribution in [0.2, 0.25) is 5.02 Å². The van der Waals surface area contributed by atoms with Crippen LogP contribution in [-0.4, -0.2) is 5.75 Å². The third-order valence-electron chi connectivity index (χ3n) is 1.32. The van der Waals surface area contributed by atoms with Gasteiger partial charge in [0.1, 0.15) is 5.82 Å². The highest BCUT2D eigenvalue weighted by molar-refractivity contribution is 7.94.